The highest BCUT2D eigenvalue weighted by Gasteiger charge is 2.36. The van der Waals surface area contributed by atoms with Gasteiger partial charge in [0.25, 0.3) is 0 Å². The number of aliphatic carboxylic acids is 1. The third kappa shape index (κ3) is 3.45. The van der Waals surface area contributed by atoms with Crippen LogP contribution >= 0.6 is 0 Å². The van der Waals surface area contributed by atoms with E-state index in [0.717, 1.165) is 26.2 Å². The molecule has 2 atom stereocenters. The van der Waals surface area contributed by atoms with Gasteiger partial charge in [-0.15, -0.1) is 0 Å². The van der Waals surface area contributed by atoms with Crippen molar-refractivity contribution in [2.75, 3.05) is 32.7 Å². The molecule has 0 aliphatic carbocycles. The van der Waals surface area contributed by atoms with Crippen molar-refractivity contribution in [2.24, 2.45) is 5.41 Å². The first-order chi connectivity index (χ1) is 8.46. The Kier molecular flexibility index (Phi) is 5.60. The number of rotatable bonds is 7. The zero-order valence-corrected chi connectivity index (χ0v) is 12.3. The second kappa shape index (κ2) is 6.53. The van der Waals surface area contributed by atoms with Crippen molar-refractivity contribution in [3.8, 4) is 0 Å². The Hall–Kier alpha value is -0.610. The lowest BCUT2D eigenvalue weighted by atomic mass is 9.87. The molecule has 0 bridgehead atoms. The largest absolute Gasteiger partial charge is 0.481 e. The van der Waals surface area contributed by atoms with Crippen LogP contribution in [0.15, 0.2) is 0 Å². The van der Waals surface area contributed by atoms with Gasteiger partial charge in [0.05, 0.1) is 5.41 Å². The molecule has 1 aliphatic rings. The van der Waals surface area contributed by atoms with E-state index in [1.54, 1.807) is 0 Å². The van der Waals surface area contributed by atoms with Gasteiger partial charge in [0.15, 0.2) is 0 Å². The minimum absolute atomic E-state index is 0.599. The quantitative estimate of drug-likeness (QED) is 0.755. The van der Waals surface area contributed by atoms with Crippen LogP contribution < -0.4 is 0 Å². The maximum absolute atomic E-state index is 11.3. The van der Waals surface area contributed by atoms with Crippen molar-refractivity contribution < 1.29 is 9.90 Å². The zero-order valence-electron chi connectivity index (χ0n) is 12.3. The molecule has 4 nitrogen and oxygen atoms in total. The molecule has 0 spiro atoms. The molecular formula is C14H28N2O2. The molecule has 1 saturated heterocycles. The van der Waals surface area contributed by atoms with Gasteiger partial charge < -0.3 is 10.0 Å². The summed E-state index contributed by atoms with van der Waals surface area (Å²) in [5, 5.41) is 9.32. The third-order valence-corrected chi connectivity index (χ3v) is 4.45. The number of carboxylic acids is 1. The number of likely N-dealkylation sites (N-methyl/N-ethyl adjacent to an activating group) is 1. The molecule has 1 fully saturated rings. The molecule has 0 amide bonds. The number of hydrogen-bond acceptors (Lipinski definition) is 3. The Bertz CT molecular complexity index is 279. The van der Waals surface area contributed by atoms with Crippen molar-refractivity contribution in [1.29, 1.82) is 0 Å². The first kappa shape index (κ1) is 15.4. The molecule has 106 valence electrons. The monoisotopic (exact) mass is 256 g/mol. The summed E-state index contributed by atoms with van der Waals surface area (Å²) in [5.41, 5.74) is -0.599. The predicted octanol–water partition coefficient (Wildman–Crippen LogP) is 1.90. The van der Waals surface area contributed by atoms with Gasteiger partial charge >= 0.3 is 5.97 Å². The molecule has 1 rings (SSSR count). The number of likely N-dealkylation sites (tertiary alicyclic amines) is 1. The number of nitrogens with zero attached hydrogens (tertiary/aromatic N) is 2. The van der Waals surface area contributed by atoms with E-state index >= 15 is 0 Å². The lowest BCUT2D eigenvalue weighted by molar-refractivity contribution is -0.149. The van der Waals surface area contributed by atoms with Gasteiger partial charge in [-0.25, -0.2) is 0 Å². The van der Waals surface area contributed by atoms with Gasteiger partial charge in [-0.05, 0) is 39.4 Å². The van der Waals surface area contributed by atoms with Gasteiger partial charge in [0.1, 0.15) is 0 Å². The van der Waals surface area contributed by atoms with Crippen molar-refractivity contribution in [1.82, 2.24) is 9.80 Å². The molecule has 2 unspecified atom stereocenters. The van der Waals surface area contributed by atoms with Gasteiger partial charge in [0, 0.05) is 19.1 Å². The van der Waals surface area contributed by atoms with Gasteiger partial charge in [-0.2, -0.15) is 0 Å². The van der Waals surface area contributed by atoms with Crippen LogP contribution in [-0.2, 0) is 4.79 Å². The Balaban J connectivity index is 2.54. The van der Waals surface area contributed by atoms with Gasteiger partial charge in [-0.3, -0.25) is 9.69 Å². The Morgan fingerprint density at radius 2 is 2.00 bits per heavy atom. The molecule has 4 heteroatoms. The molecule has 1 aliphatic heterocycles. The van der Waals surface area contributed by atoms with E-state index < -0.39 is 11.4 Å². The van der Waals surface area contributed by atoms with Crippen LogP contribution in [0, 0.1) is 5.41 Å². The summed E-state index contributed by atoms with van der Waals surface area (Å²) >= 11 is 0. The maximum Gasteiger partial charge on any atom is 0.310 e. The normalized spacial score (nSPS) is 24.4. The van der Waals surface area contributed by atoms with Crippen LogP contribution in [0.2, 0.25) is 0 Å². The van der Waals surface area contributed by atoms with E-state index in [0.29, 0.717) is 19.0 Å². The highest BCUT2D eigenvalue weighted by Crippen LogP contribution is 2.26. The van der Waals surface area contributed by atoms with Crippen LogP contribution in [0.5, 0.6) is 0 Å². The molecule has 1 N–H and O–H groups in total. The molecular weight excluding hydrogens is 228 g/mol. The Labute approximate surface area is 111 Å². The fourth-order valence-electron chi connectivity index (χ4n) is 2.82. The smallest absolute Gasteiger partial charge is 0.310 e. The molecule has 1 heterocycles. The standard InChI is InChI=1S/C14H28N2O2/c1-5-14(4,13(17)18)11-15-9-8-12(10-15)16(6-2)7-3/h12H,5-11H2,1-4H3,(H,17,18). The number of carboxylic acid groups (broad SMARTS) is 1. The van der Waals surface area contributed by atoms with Gasteiger partial charge in [0.2, 0.25) is 0 Å². The van der Waals surface area contributed by atoms with Crippen molar-refractivity contribution >= 4 is 5.97 Å². The fraction of sp³-hybridized carbons (Fsp3) is 0.929. The summed E-state index contributed by atoms with van der Waals surface area (Å²) in [6.45, 7) is 13.1. The summed E-state index contributed by atoms with van der Waals surface area (Å²) in [7, 11) is 0. The van der Waals surface area contributed by atoms with Crippen LogP contribution in [0.25, 0.3) is 0 Å². The first-order valence-corrected chi connectivity index (χ1v) is 7.16. The summed E-state index contributed by atoms with van der Waals surface area (Å²) in [5.74, 6) is -0.670. The number of carbonyl (C=O) groups is 1. The van der Waals surface area contributed by atoms with E-state index in [4.69, 9.17) is 0 Å². The SMILES string of the molecule is CCN(CC)C1CCN(CC(C)(CC)C(=O)O)C1. The first-order valence-electron chi connectivity index (χ1n) is 7.16. The van der Waals surface area contributed by atoms with Crippen LogP contribution in [0.4, 0.5) is 0 Å². The Morgan fingerprint density at radius 3 is 2.44 bits per heavy atom. The molecule has 0 saturated carbocycles. The average molecular weight is 256 g/mol. The second-order valence-electron chi connectivity index (χ2n) is 5.62. The molecule has 0 aromatic heterocycles. The molecule has 18 heavy (non-hydrogen) atoms. The van der Waals surface area contributed by atoms with Crippen LogP contribution in [-0.4, -0.2) is 59.6 Å². The lowest BCUT2D eigenvalue weighted by Gasteiger charge is -2.30. The topological polar surface area (TPSA) is 43.8 Å². The second-order valence-corrected chi connectivity index (χ2v) is 5.62. The summed E-state index contributed by atoms with van der Waals surface area (Å²) in [4.78, 5) is 16.1. The highest BCUT2D eigenvalue weighted by atomic mass is 16.4. The molecule has 0 aromatic carbocycles. The van der Waals surface area contributed by atoms with E-state index in [2.05, 4.69) is 23.6 Å². The highest BCUT2D eigenvalue weighted by molar-refractivity contribution is 5.74. The maximum atomic E-state index is 11.3. The van der Waals surface area contributed by atoms with Crippen molar-refractivity contribution in [3.63, 3.8) is 0 Å². The predicted molar refractivity (Wildman–Crippen MR) is 73.8 cm³/mol. The van der Waals surface area contributed by atoms with Crippen molar-refractivity contribution in [3.05, 3.63) is 0 Å². The van der Waals surface area contributed by atoms with Crippen LogP contribution in [0.1, 0.15) is 40.5 Å². The van der Waals surface area contributed by atoms with E-state index in [1.807, 2.05) is 13.8 Å². The van der Waals surface area contributed by atoms with E-state index in [9.17, 15) is 9.90 Å². The average Bonchev–Trinajstić information content (AvgIpc) is 2.78. The summed E-state index contributed by atoms with van der Waals surface area (Å²) in [6.07, 6.45) is 1.86. The molecule has 0 radical (unpaired) electrons. The summed E-state index contributed by atoms with van der Waals surface area (Å²) < 4.78 is 0. The molecule has 0 aromatic rings. The third-order valence-electron chi connectivity index (χ3n) is 4.45. The fourth-order valence-corrected chi connectivity index (χ4v) is 2.82. The number of hydrogen-bond donors (Lipinski definition) is 1. The van der Waals surface area contributed by atoms with Gasteiger partial charge in [-0.1, -0.05) is 20.8 Å². The lowest BCUT2D eigenvalue weighted by Crippen LogP contribution is -2.42. The Morgan fingerprint density at radius 1 is 1.39 bits per heavy atom. The minimum Gasteiger partial charge on any atom is -0.481 e. The zero-order chi connectivity index (χ0) is 13.8. The van der Waals surface area contributed by atoms with E-state index in [1.165, 1.54) is 6.42 Å². The summed E-state index contributed by atoms with van der Waals surface area (Å²) in [6, 6.07) is 0.606. The minimum atomic E-state index is -0.670. The van der Waals surface area contributed by atoms with Crippen LogP contribution in [0.3, 0.4) is 0 Å². The van der Waals surface area contributed by atoms with Crippen molar-refractivity contribution in [2.45, 2.75) is 46.6 Å². The van der Waals surface area contributed by atoms with E-state index in [-0.39, 0.29) is 0 Å².